The van der Waals surface area contributed by atoms with Gasteiger partial charge in [0, 0.05) is 0 Å². The molecule has 0 saturated carbocycles. The topological polar surface area (TPSA) is 62.7 Å². The minimum Gasteiger partial charge on any atom is -0.451 e. The number of hydrogen-bond acceptors (Lipinski definition) is 2. The van der Waals surface area contributed by atoms with Gasteiger partial charge in [0.15, 0.2) is 0 Å². The second-order valence-corrected chi connectivity index (χ2v) is 5.03. The summed E-state index contributed by atoms with van der Waals surface area (Å²) in [4.78, 5) is 14.5. The highest BCUT2D eigenvalue weighted by atomic mass is 19.4. The van der Waals surface area contributed by atoms with E-state index in [2.05, 4.69) is 4.79 Å². The lowest BCUT2D eigenvalue weighted by molar-refractivity contribution is -0.150. The van der Waals surface area contributed by atoms with Crippen LogP contribution < -0.4 is 0 Å². The largest absolute Gasteiger partial charge is 0.451 e. The number of nitrogens with zero attached hydrogens (tertiary/aromatic N) is 2. The van der Waals surface area contributed by atoms with Crippen LogP contribution in [0.4, 0.5) is 13.2 Å². The van der Waals surface area contributed by atoms with Crippen LogP contribution in [0.15, 0.2) is 24.3 Å². The van der Waals surface area contributed by atoms with E-state index in [1.165, 1.54) is 6.07 Å². The average molecular weight is 286 g/mol. The van der Waals surface area contributed by atoms with Gasteiger partial charge < -0.3 is 10.3 Å². The molecule has 108 valence electrons. The van der Waals surface area contributed by atoms with Crippen LogP contribution in [0.3, 0.4) is 0 Å². The van der Waals surface area contributed by atoms with Crippen LogP contribution in [0.5, 0.6) is 0 Å². The van der Waals surface area contributed by atoms with Gasteiger partial charge in [-0.2, -0.15) is 18.0 Å². The van der Waals surface area contributed by atoms with Crippen LogP contribution in [-0.4, -0.2) is 22.1 Å². The van der Waals surface area contributed by atoms with E-state index in [0.29, 0.717) is 0 Å². The number of esters is 1. The number of benzene rings is 1. The van der Waals surface area contributed by atoms with Gasteiger partial charge in [0.05, 0.1) is 11.1 Å². The highest BCUT2D eigenvalue weighted by molar-refractivity contribution is 6.40. The summed E-state index contributed by atoms with van der Waals surface area (Å²) < 4.78 is 42.7. The average Bonchev–Trinajstić information content (AvgIpc) is 2.26. The molecule has 0 saturated heterocycles. The van der Waals surface area contributed by atoms with Crippen LogP contribution in [0.1, 0.15) is 31.9 Å². The van der Waals surface area contributed by atoms with E-state index < -0.39 is 29.0 Å². The number of rotatable bonds is 2. The van der Waals surface area contributed by atoms with E-state index in [1.807, 2.05) is 0 Å². The molecule has 0 spiro atoms. The van der Waals surface area contributed by atoms with Crippen molar-refractivity contribution in [3.05, 3.63) is 40.9 Å². The Bertz CT molecular complexity index is 568. The Hall–Kier alpha value is -2.14. The summed E-state index contributed by atoms with van der Waals surface area (Å²) in [5.74, 6) is -1.00. The number of halogens is 3. The summed E-state index contributed by atoms with van der Waals surface area (Å²) in [7, 11) is 0. The van der Waals surface area contributed by atoms with Gasteiger partial charge in [0.1, 0.15) is 5.60 Å². The Labute approximate surface area is 113 Å². The van der Waals surface area contributed by atoms with Crippen molar-refractivity contribution in [1.29, 1.82) is 0 Å². The van der Waals surface area contributed by atoms with Gasteiger partial charge in [-0.15, -0.1) is 0 Å². The van der Waals surface area contributed by atoms with E-state index in [4.69, 9.17) is 10.3 Å². The molecule has 4 nitrogen and oxygen atoms in total. The van der Waals surface area contributed by atoms with Crippen LogP contribution in [0.25, 0.3) is 5.53 Å². The number of carbonyl (C=O) groups excluding carboxylic acids is 1. The zero-order chi connectivity index (χ0) is 15.6. The standard InChI is InChI=1S/C13H13F3N2O2/c1-12(2,3)20-11(19)10(18-17)8-5-4-6-9(7-8)13(14,15)16/h4-7H,1-3H3. The normalized spacial score (nSPS) is 11.7. The van der Waals surface area contributed by atoms with Crippen molar-refractivity contribution in [3.63, 3.8) is 0 Å². The second kappa shape index (κ2) is 5.46. The Morgan fingerprint density at radius 1 is 1.25 bits per heavy atom. The maximum absolute atomic E-state index is 12.6. The van der Waals surface area contributed by atoms with E-state index in [0.717, 1.165) is 18.2 Å². The lowest BCUT2D eigenvalue weighted by Gasteiger charge is -2.17. The monoisotopic (exact) mass is 286 g/mol. The Balaban J connectivity index is 3.16. The van der Waals surface area contributed by atoms with Gasteiger partial charge in [-0.1, -0.05) is 6.07 Å². The van der Waals surface area contributed by atoms with Gasteiger partial charge in [-0.05, 0) is 39.0 Å². The molecule has 0 amide bonds. The zero-order valence-electron chi connectivity index (χ0n) is 11.2. The minimum absolute atomic E-state index is 0.170. The Morgan fingerprint density at radius 3 is 2.30 bits per heavy atom. The number of alkyl halides is 3. The molecular weight excluding hydrogens is 273 g/mol. The second-order valence-electron chi connectivity index (χ2n) is 5.03. The van der Waals surface area contributed by atoms with Crippen molar-refractivity contribution in [2.24, 2.45) is 0 Å². The first-order chi connectivity index (χ1) is 9.04. The lowest BCUT2D eigenvalue weighted by Crippen LogP contribution is -2.30. The predicted octanol–water partition coefficient (Wildman–Crippen LogP) is 3.07. The number of hydrogen-bond donors (Lipinski definition) is 0. The summed E-state index contributed by atoms with van der Waals surface area (Å²) in [5.41, 5.74) is 6.30. The third kappa shape index (κ3) is 4.20. The molecule has 7 heteroatoms. The highest BCUT2D eigenvalue weighted by Crippen LogP contribution is 2.29. The maximum Gasteiger partial charge on any atom is 0.422 e. The van der Waals surface area contributed by atoms with Crippen molar-refractivity contribution < 1.29 is 27.5 Å². The number of carbonyl (C=O) groups is 1. The molecule has 0 aliphatic rings. The van der Waals surface area contributed by atoms with Gasteiger partial charge >= 0.3 is 17.9 Å². The predicted molar refractivity (Wildman–Crippen MR) is 65.0 cm³/mol. The Morgan fingerprint density at radius 2 is 1.85 bits per heavy atom. The van der Waals surface area contributed by atoms with Crippen LogP contribution in [-0.2, 0) is 15.7 Å². The first-order valence-corrected chi connectivity index (χ1v) is 5.67. The lowest BCUT2D eigenvalue weighted by atomic mass is 10.1. The number of ether oxygens (including phenoxy) is 1. The van der Waals surface area contributed by atoms with Crippen LogP contribution in [0.2, 0.25) is 0 Å². The fourth-order valence-electron chi connectivity index (χ4n) is 1.39. The summed E-state index contributed by atoms with van der Waals surface area (Å²) in [6.07, 6.45) is -4.55. The third-order valence-corrected chi connectivity index (χ3v) is 2.16. The summed E-state index contributed by atoms with van der Waals surface area (Å²) in [6.45, 7) is 4.77. The molecule has 0 unspecified atom stereocenters. The molecule has 1 aromatic rings. The van der Waals surface area contributed by atoms with Crippen molar-refractivity contribution in [2.75, 3.05) is 0 Å². The molecule has 0 atom stereocenters. The molecule has 1 rings (SSSR count). The van der Waals surface area contributed by atoms with Crippen LogP contribution >= 0.6 is 0 Å². The van der Waals surface area contributed by atoms with Gasteiger partial charge in [0.25, 0.3) is 0 Å². The van der Waals surface area contributed by atoms with Gasteiger partial charge in [-0.25, -0.2) is 4.79 Å². The highest BCUT2D eigenvalue weighted by Gasteiger charge is 2.34. The molecular formula is C13H13F3N2O2. The summed E-state index contributed by atoms with van der Waals surface area (Å²) >= 11 is 0. The van der Waals surface area contributed by atoms with Crippen molar-refractivity contribution in [1.82, 2.24) is 0 Å². The fourth-order valence-corrected chi connectivity index (χ4v) is 1.39. The quantitative estimate of drug-likeness (QED) is 0.363. The van der Waals surface area contributed by atoms with E-state index in [-0.39, 0.29) is 5.56 Å². The van der Waals surface area contributed by atoms with E-state index >= 15 is 0 Å². The molecule has 1 aromatic carbocycles. The molecule has 0 aliphatic carbocycles. The molecule has 0 heterocycles. The molecule has 20 heavy (non-hydrogen) atoms. The molecule has 0 radical (unpaired) electrons. The molecule has 0 aromatic heterocycles. The first-order valence-electron chi connectivity index (χ1n) is 5.67. The smallest absolute Gasteiger partial charge is 0.422 e. The summed E-state index contributed by atoms with van der Waals surface area (Å²) in [5, 5.41) is 0. The molecule has 0 fully saturated rings. The van der Waals surface area contributed by atoms with Gasteiger partial charge in [0.2, 0.25) is 0 Å². The third-order valence-electron chi connectivity index (χ3n) is 2.16. The zero-order valence-corrected chi connectivity index (χ0v) is 11.2. The molecule has 0 aliphatic heterocycles. The van der Waals surface area contributed by atoms with Gasteiger partial charge in [-0.3, -0.25) is 0 Å². The summed E-state index contributed by atoms with van der Waals surface area (Å²) in [6, 6.07) is 3.93. The minimum atomic E-state index is -4.55. The molecule has 0 bridgehead atoms. The Kier molecular flexibility index (Phi) is 4.35. The van der Waals surface area contributed by atoms with Crippen molar-refractivity contribution >= 4 is 11.7 Å². The van der Waals surface area contributed by atoms with Crippen molar-refractivity contribution in [3.8, 4) is 0 Å². The SMILES string of the molecule is CC(C)(C)OC(=O)C(=[N+]=[N-])c1cccc(C(F)(F)F)c1. The van der Waals surface area contributed by atoms with E-state index in [9.17, 15) is 18.0 Å². The fraction of sp³-hybridized carbons (Fsp3) is 0.385. The molecule has 0 N–H and O–H groups in total. The maximum atomic E-state index is 12.6. The van der Waals surface area contributed by atoms with Crippen LogP contribution in [0, 0.1) is 0 Å². The van der Waals surface area contributed by atoms with E-state index in [1.54, 1.807) is 20.8 Å². The first kappa shape index (κ1) is 15.9. The van der Waals surface area contributed by atoms with Crippen molar-refractivity contribution in [2.45, 2.75) is 32.5 Å².